The van der Waals surface area contributed by atoms with Crippen LogP contribution in [0.2, 0.25) is 0 Å². The molecule has 2 atom stereocenters. The molecule has 2 unspecified atom stereocenters. The molecule has 0 amide bonds. The molecule has 3 rings (SSSR count). The van der Waals surface area contributed by atoms with Crippen molar-refractivity contribution in [3.05, 3.63) is 5.69 Å². The first kappa shape index (κ1) is 10.6. The van der Waals surface area contributed by atoms with Gasteiger partial charge in [-0.25, -0.2) is 4.98 Å². The Hall–Kier alpha value is -1.52. The van der Waals surface area contributed by atoms with Crippen LogP contribution in [-0.2, 0) is 7.05 Å². The first-order valence-electron chi connectivity index (χ1n) is 6.30. The minimum Gasteiger partial charge on any atom is -0.369 e. The number of imidazole rings is 1. The van der Waals surface area contributed by atoms with E-state index in [1.54, 1.807) is 0 Å². The highest BCUT2D eigenvalue weighted by atomic mass is 15.4. The first-order chi connectivity index (χ1) is 8.13. The summed E-state index contributed by atoms with van der Waals surface area (Å²) in [5, 5.41) is 4.41. The molecule has 1 aliphatic rings. The number of anilines is 1. The van der Waals surface area contributed by atoms with Gasteiger partial charge in [0, 0.05) is 13.1 Å². The van der Waals surface area contributed by atoms with Crippen LogP contribution in [0, 0.1) is 12.8 Å². The highest BCUT2D eigenvalue weighted by molar-refractivity contribution is 5.77. The van der Waals surface area contributed by atoms with E-state index in [4.69, 9.17) is 5.73 Å². The number of nitrogens with two attached hydrogens (primary N) is 1. The molecule has 1 saturated carbocycles. The van der Waals surface area contributed by atoms with Crippen molar-refractivity contribution in [2.24, 2.45) is 13.0 Å². The summed E-state index contributed by atoms with van der Waals surface area (Å²) < 4.78 is 4.07. The quantitative estimate of drug-likeness (QED) is 0.882. The minimum atomic E-state index is 0.537. The minimum absolute atomic E-state index is 0.537. The van der Waals surface area contributed by atoms with Crippen molar-refractivity contribution in [2.45, 2.75) is 39.2 Å². The van der Waals surface area contributed by atoms with Crippen molar-refractivity contribution in [2.75, 3.05) is 5.73 Å². The molecule has 0 saturated heterocycles. The van der Waals surface area contributed by atoms with Crippen molar-refractivity contribution < 1.29 is 0 Å². The Bertz CT molecular complexity index is 565. The molecule has 0 radical (unpaired) electrons. The predicted molar refractivity (Wildman–Crippen MR) is 67.7 cm³/mol. The van der Waals surface area contributed by atoms with Gasteiger partial charge in [0.1, 0.15) is 5.52 Å². The number of hydrogen-bond donors (Lipinski definition) is 1. The van der Waals surface area contributed by atoms with Gasteiger partial charge < -0.3 is 5.73 Å². The van der Waals surface area contributed by atoms with Crippen LogP contribution in [0.3, 0.4) is 0 Å². The van der Waals surface area contributed by atoms with Gasteiger partial charge in [0.05, 0.1) is 5.69 Å². The summed E-state index contributed by atoms with van der Waals surface area (Å²) in [7, 11) is 1.96. The summed E-state index contributed by atoms with van der Waals surface area (Å²) in [5.41, 5.74) is 9.03. The van der Waals surface area contributed by atoms with Crippen molar-refractivity contribution in [3.63, 3.8) is 0 Å². The number of hydrogen-bond acceptors (Lipinski definition) is 3. The number of nitrogen functional groups attached to an aromatic ring is 1. The summed E-state index contributed by atoms with van der Waals surface area (Å²) >= 11 is 0. The maximum atomic E-state index is 6.05. The smallest absolute Gasteiger partial charge is 0.202 e. The van der Waals surface area contributed by atoms with Gasteiger partial charge in [0.15, 0.2) is 5.65 Å². The molecule has 2 N–H and O–H groups in total. The zero-order valence-electron chi connectivity index (χ0n) is 10.6. The molecule has 92 valence electrons. The van der Waals surface area contributed by atoms with Crippen LogP contribution in [0.4, 0.5) is 5.95 Å². The zero-order chi connectivity index (χ0) is 12.2. The van der Waals surface area contributed by atoms with E-state index < -0.39 is 0 Å². The Morgan fingerprint density at radius 1 is 1.47 bits per heavy atom. The number of nitrogens with zero attached hydrogens (tertiary/aromatic N) is 4. The van der Waals surface area contributed by atoms with Gasteiger partial charge in [0.2, 0.25) is 5.95 Å². The lowest BCUT2D eigenvalue weighted by molar-refractivity contribution is 0.609. The van der Waals surface area contributed by atoms with Crippen LogP contribution < -0.4 is 5.73 Å². The van der Waals surface area contributed by atoms with Crippen LogP contribution in [0.25, 0.3) is 11.2 Å². The molecule has 1 aliphatic carbocycles. The van der Waals surface area contributed by atoms with E-state index in [0.29, 0.717) is 12.0 Å². The fraction of sp³-hybridized carbons (Fsp3) is 0.667. The van der Waals surface area contributed by atoms with Gasteiger partial charge in [-0.2, -0.15) is 5.10 Å². The van der Waals surface area contributed by atoms with E-state index >= 15 is 0 Å². The van der Waals surface area contributed by atoms with E-state index in [0.717, 1.165) is 22.8 Å². The third-order valence-corrected chi connectivity index (χ3v) is 3.74. The Balaban J connectivity index is 2.07. The van der Waals surface area contributed by atoms with Gasteiger partial charge >= 0.3 is 0 Å². The van der Waals surface area contributed by atoms with Gasteiger partial charge in [-0.05, 0) is 25.7 Å². The molecule has 0 bridgehead atoms. The number of aromatic nitrogens is 4. The lowest BCUT2D eigenvalue weighted by atomic mass is 10.2. The third kappa shape index (κ3) is 1.45. The molecular formula is C12H19N5. The molecular weight excluding hydrogens is 214 g/mol. The second-order valence-electron chi connectivity index (χ2n) is 5.07. The Labute approximate surface area is 101 Å². The fourth-order valence-electron chi connectivity index (χ4n) is 2.87. The normalized spacial score (nSPS) is 23.5. The first-order valence-corrected chi connectivity index (χ1v) is 6.30. The zero-order valence-corrected chi connectivity index (χ0v) is 10.6. The fourth-order valence-corrected chi connectivity index (χ4v) is 2.87. The van der Waals surface area contributed by atoms with Crippen molar-refractivity contribution >= 4 is 17.1 Å². The topological polar surface area (TPSA) is 61.7 Å². The summed E-state index contributed by atoms with van der Waals surface area (Å²) in [4.78, 5) is 4.45. The van der Waals surface area contributed by atoms with Crippen LogP contribution >= 0.6 is 0 Å². The van der Waals surface area contributed by atoms with Gasteiger partial charge in [-0.15, -0.1) is 0 Å². The van der Waals surface area contributed by atoms with E-state index in [-0.39, 0.29) is 0 Å². The summed E-state index contributed by atoms with van der Waals surface area (Å²) in [6.07, 6.45) is 3.75. The van der Waals surface area contributed by atoms with E-state index in [2.05, 4.69) is 21.6 Å². The standard InChI is InChI=1S/C12H19N5/c1-4-5-8-6-9(8)17-11-10(14-12(17)13)7(2)15-16(11)3/h8-9H,4-6H2,1-3H3,(H2,13,14). The van der Waals surface area contributed by atoms with Gasteiger partial charge in [0.25, 0.3) is 0 Å². The molecule has 1 fully saturated rings. The Kier molecular flexibility index (Phi) is 2.18. The summed E-state index contributed by atoms with van der Waals surface area (Å²) in [6, 6.07) is 0.537. The summed E-state index contributed by atoms with van der Waals surface area (Å²) in [6.45, 7) is 4.21. The van der Waals surface area contributed by atoms with Crippen LogP contribution in [0.1, 0.15) is 37.9 Å². The number of fused-ring (bicyclic) bond motifs is 1. The molecule has 0 aromatic carbocycles. The Morgan fingerprint density at radius 2 is 2.24 bits per heavy atom. The number of aryl methyl sites for hydroxylation is 2. The second-order valence-corrected chi connectivity index (χ2v) is 5.07. The molecule has 5 nitrogen and oxygen atoms in total. The molecule has 0 aliphatic heterocycles. The van der Waals surface area contributed by atoms with E-state index in [1.807, 2.05) is 18.7 Å². The molecule has 2 aromatic heterocycles. The lowest BCUT2D eigenvalue weighted by Crippen LogP contribution is -2.06. The molecule has 2 heterocycles. The van der Waals surface area contributed by atoms with E-state index in [9.17, 15) is 0 Å². The second kappa shape index (κ2) is 3.48. The highest BCUT2D eigenvalue weighted by Gasteiger charge is 2.40. The largest absolute Gasteiger partial charge is 0.369 e. The third-order valence-electron chi connectivity index (χ3n) is 3.74. The monoisotopic (exact) mass is 233 g/mol. The van der Waals surface area contributed by atoms with Crippen LogP contribution in [0.5, 0.6) is 0 Å². The molecule has 0 spiro atoms. The van der Waals surface area contributed by atoms with Crippen LogP contribution in [-0.4, -0.2) is 19.3 Å². The average molecular weight is 233 g/mol. The van der Waals surface area contributed by atoms with E-state index in [1.165, 1.54) is 19.3 Å². The van der Waals surface area contributed by atoms with Crippen LogP contribution in [0.15, 0.2) is 0 Å². The maximum Gasteiger partial charge on any atom is 0.202 e. The molecule has 17 heavy (non-hydrogen) atoms. The number of rotatable bonds is 3. The maximum absolute atomic E-state index is 6.05. The lowest BCUT2D eigenvalue weighted by Gasteiger charge is -2.05. The van der Waals surface area contributed by atoms with Gasteiger partial charge in [-0.1, -0.05) is 13.3 Å². The molecule has 2 aromatic rings. The average Bonchev–Trinajstić information content (AvgIpc) is 2.84. The van der Waals surface area contributed by atoms with Crippen molar-refractivity contribution in [1.82, 2.24) is 19.3 Å². The Morgan fingerprint density at radius 3 is 2.94 bits per heavy atom. The highest BCUT2D eigenvalue weighted by Crippen LogP contribution is 2.48. The van der Waals surface area contributed by atoms with Gasteiger partial charge in [-0.3, -0.25) is 9.25 Å². The molecule has 5 heteroatoms. The van der Waals surface area contributed by atoms with Crippen molar-refractivity contribution in [3.8, 4) is 0 Å². The summed E-state index contributed by atoms with van der Waals surface area (Å²) in [5.74, 6) is 1.41. The van der Waals surface area contributed by atoms with Crippen molar-refractivity contribution in [1.29, 1.82) is 0 Å². The predicted octanol–water partition coefficient (Wildman–Crippen LogP) is 2.02. The SMILES string of the molecule is CCCC1CC1n1c(N)nc2c(C)nn(C)c21.